The summed E-state index contributed by atoms with van der Waals surface area (Å²) < 4.78 is 5.93. The lowest BCUT2D eigenvalue weighted by Crippen LogP contribution is -2.14. The van der Waals surface area contributed by atoms with Crippen LogP contribution < -0.4 is 10.1 Å². The van der Waals surface area contributed by atoms with Gasteiger partial charge in [-0.05, 0) is 37.3 Å². The fourth-order valence-electron chi connectivity index (χ4n) is 2.45. The molecule has 0 aliphatic carbocycles. The number of aromatic nitrogens is 2. The molecule has 2 heterocycles. The molecule has 1 N–H and O–H groups in total. The number of rotatable bonds is 7. The van der Waals surface area contributed by atoms with Gasteiger partial charge in [-0.1, -0.05) is 30.3 Å². The SMILES string of the molecule is Cc1cccc(CNCc2ccccc2OCc2ccccn2)n1. The summed E-state index contributed by atoms with van der Waals surface area (Å²) in [5, 5.41) is 3.43. The number of ether oxygens (including phenoxy) is 1. The molecular weight excluding hydrogens is 298 g/mol. The van der Waals surface area contributed by atoms with Crippen LogP contribution in [-0.4, -0.2) is 9.97 Å². The number of nitrogens with one attached hydrogen (secondary N) is 1. The molecule has 4 nitrogen and oxygen atoms in total. The molecule has 2 aromatic heterocycles. The Hall–Kier alpha value is -2.72. The van der Waals surface area contributed by atoms with Gasteiger partial charge in [-0.2, -0.15) is 0 Å². The Morgan fingerprint density at radius 3 is 2.54 bits per heavy atom. The van der Waals surface area contributed by atoms with Gasteiger partial charge in [0.25, 0.3) is 0 Å². The molecule has 0 bridgehead atoms. The standard InChI is InChI=1S/C20H21N3O/c1-16-7-6-10-18(23-16)14-21-13-17-8-2-3-11-20(17)24-15-19-9-4-5-12-22-19/h2-12,21H,13-15H2,1H3. The van der Waals surface area contributed by atoms with Crippen LogP contribution in [0, 0.1) is 6.92 Å². The smallest absolute Gasteiger partial charge is 0.130 e. The third-order valence-corrected chi connectivity index (χ3v) is 3.64. The molecule has 0 aliphatic heterocycles. The molecule has 0 fully saturated rings. The van der Waals surface area contributed by atoms with Gasteiger partial charge in [0.2, 0.25) is 0 Å². The second-order valence-corrected chi connectivity index (χ2v) is 5.59. The normalized spacial score (nSPS) is 10.5. The summed E-state index contributed by atoms with van der Waals surface area (Å²) in [4.78, 5) is 8.79. The van der Waals surface area contributed by atoms with Gasteiger partial charge < -0.3 is 10.1 Å². The Morgan fingerprint density at radius 2 is 1.71 bits per heavy atom. The third kappa shape index (κ3) is 4.64. The summed E-state index contributed by atoms with van der Waals surface area (Å²) in [7, 11) is 0. The molecule has 0 radical (unpaired) electrons. The van der Waals surface area contributed by atoms with Crippen molar-refractivity contribution in [3.05, 3.63) is 89.5 Å². The highest BCUT2D eigenvalue weighted by molar-refractivity contribution is 5.33. The van der Waals surface area contributed by atoms with Gasteiger partial charge in [0.1, 0.15) is 12.4 Å². The van der Waals surface area contributed by atoms with Crippen LogP contribution in [0.1, 0.15) is 22.6 Å². The van der Waals surface area contributed by atoms with Crippen LogP contribution in [0.2, 0.25) is 0 Å². The van der Waals surface area contributed by atoms with Crippen molar-refractivity contribution in [2.24, 2.45) is 0 Å². The lowest BCUT2D eigenvalue weighted by atomic mass is 10.2. The van der Waals surface area contributed by atoms with Gasteiger partial charge in [0, 0.05) is 30.5 Å². The summed E-state index contributed by atoms with van der Waals surface area (Å²) in [6, 6.07) is 20.0. The third-order valence-electron chi connectivity index (χ3n) is 3.64. The maximum absolute atomic E-state index is 5.93. The topological polar surface area (TPSA) is 47.0 Å². The van der Waals surface area contributed by atoms with Crippen molar-refractivity contribution < 1.29 is 4.74 Å². The molecule has 0 saturated heterocycles. The zero-order chi connectivity index (χ0) is 16.6. The minimum absolute atomic E-state index is 0.470. The molecule has 1 aromatic carbocycles. The summed E-state index contributed by atoms with van der Waals surface area (Å²) in [5.74, 6) is 0.882. The fourth-order valence-corrected chi connectivity index (χ4v) is 2.45. The van der Waals surface area contributed by atoms with Gasteiger partial charge in [0.05, 0.1) is 11.4 Å². The van der Waals surface area contributed by atoms with Crippen LogP contribution >= 0.6 is 0 Å². The van der Waals surface area contributed by atoms with E-state index >= 15 is 0 Å². The highest BCUT2D eigenvalue weighted by Crippen LogP contribution is 2.19. The summed E-state index contributed by atoms with van der Waals surface area (Å²) in [6.07, 6.45) is 1.78. The van der Waals surface area contributed by atoms with E-state index in [2.05, 4.69) is 21.4 Å². The number of benzene rings is 1. The van der Waals surface area contributed by atoms with E-state index in [1.807, 2.05) is 61.5 Å². The van der Waals surface area contributed by atoms with E-state index in [9.17, 15) is 0 Å². The number of aryl methyl sites for hydroxylation is 1. The van der Waals surface area contributed by atoms with Crippen LogP contribution in [-0.2, 0) is 19.7 Å². The van der Waals surface area contributed by atoms with Crippen molar-refractivity contribution >= 4 is 0 Å². The highest BCUT2D eigenvalue weighted by atomic mass is 16.5. The Bertz CT molecular complexity index is 775. The van der Waals surface area contributed by atoms with E-state index in [0.29, 0.717) is 6.61 Å². The maximum atomic E-state index is 5.93. The molecule has 4 heteroatoms. The first kappa shape index (κ1) is 16.1. The van der Waals surface area contributed by atoms with E-state index in [1.165, 1.54) is 0 Å². The van der Waals surface area contributed by atoms with E-state index < -0.39 is 0 Å². The minimum atomic E-state index is 0.470. The second-order valence-electron chi connectivity index (χ2n) is 5.59. The number of nitrogens with zero attached hydrogens (tertiary/aromatic N) is 2. The van der Waals surface area contributed by atoms with E-state index in [4.69, 9.17) is 4.74 Å². The number of hydrogen-bond acceptors (Lipinski definition) is 4. The van der Waals surface area contributed by atoms with Crippen molar-refractivity contribution in [2.75, 3.05) is 0 Å². The molecule has 0 amide bonds. The molecule has 0 unspecified atom stereocenters. The van der Waals surface area contributed by atoms with E-state index in [1.54, 1.807) is 6.20 Å². The van der Waals surface area contributed by atoms with E-state index in [0.717, 1.165) is 41.5 Å². The average molecular weight is 319 g/mol. The Kier molecular flexibility index (Phi) is 5.53. The van der Waals surface area contributed by atoms with Crippen LogP contribution in [0.5, 0.6) is 5.75 Å². The van der Waals surface area contributed by atoms with Gasteiger partial charge in [-0.3, -0.25) is 9.97 Å². The van der Waals surface area contributed by atoms with Crippen LogP contribution in [0.3, 0.4) is 0 Å². The Balaban J connectivity index is 1.57. The maximum Gasteiger partial charge on any atom is 0.130 e. The molecule has 0 saturated carbocycles. The minimum Gasteiger partial charge on any atom is -0.487 e. The fraction of sp³-hybridized carbons (Fsp3) is 0.200. The van der Waals surface area contributed by atoms with Crippen molar-refractivity contribution in [2.45, 2.75) is 26.6 Å². The zero-order valence-electron chi connectivity index (χ0n) is 13.8. The van der Waals surface area contributed by atoms with Crippen molar-refractivity contribution in [1.82, 2.24) is 15.3 Å². The number of pyridine rings is 2. The molecule has 0 atom stereocenters. The van der Waals surface area contributed by atoms with E-state index in [-0.39, 0.29) is 0 Å². The van der Waals surface area contributed by atoms with Gasteiger partial charge in [-0.15, -0.1) is 0 Å². The highest BCUT2D eigenvalue weighted by Gasteiger charge is 2.04. The van der Waals surface area contributed by atoms with Gasteiger partial charge in [0.15, 0.2) is 0 Å². The Morgan fingerprint density at radius 1 is 0.875 bits per heavy atom. The number of hydrogen-bond donors (Lipinski definition) is 1. The first-order valence-electron chi connectivity index (χ1n) is 8.05. The van der Waals surface area contributed by atoms with Gasteiger partial charge >= 0.3 is 0 Å². The van der Waals surface area contributed by atoms with Crippen molar-refractivity contribution in [1.29, 1.82) is 0 Å². The molecule has 122 valence electrons. The molecule has 3 rings (SSSR count). The predicted octanol–water partition coefficient (Wildman–Crippen LogP) is 3.65. The largest absolute Gasteiger partial charge is 0.487 e. The molecule has 24 heavy (non-hydrogen) atoms. The molecule has 3 aromatic rings. The zero-order valence-corrected chi connectivity index (χ0v) is 13.8. The lowest BCUT2D eigenvalue weighted by molar-refractivity contribution is 0.297. The van der Waals surface area contributed by atoms with Crippen LogP contribution in [0.25, 0.3) is 0 Å². The number of para-hydroxylation sites is 1. The van der Waals surface area contributed by atoms with Gasteiger partial charge in [-0.25, -0.2) is 0 Å². The lowest BCUT2D eigenvalue weighted by Gasteiger charge is -2.12. The predicted molar refractivity (Wildman–Crippen MR) is 94.5 cm³/mol. The van der Waals surface area contributed by atoms with Crippen LogP contribution in [0.15, 0.2) is 66.9 Å². The molecule has 0 aliphatic rings. The average Bonchev–Trinajstić information content (AvgIpc) is 2.62. The summed E-state index contributed by atoms with van der Waals surface area (Å²) in [6.45, 7) is 3.94. The molecule has 0 spiro atoms. The quantitative estimate of drug-likeness (QED) is 0.722. The van der Waals surface area contributed by atoms with Crippen molar-refractivity contribution in [3.63, 3.8) is 0 Å². The second kappa shape index (κ2) is 8.22. The summed E-state index contributed by atoms with van der Waals surface area (Å²) >= 11 is 0. The summed E-state index contributed by atoms with van der Waals surface area (Å²) in [5.41, 5.74) is 4.13. The van der Waals surface area contributed by atoms with Crippen molar-refractivity contribution in [3.8, 4) is 5.75 Å². The molecular formula is C20H21N3O. The monoisotopic (exact) mass is 319 g/mol. The first-order valence-corrected chi connectivity index (χ1v) is 8.05. The first-order chi connectivity index (χ1) is 11.8. The van der Waals surface area contributed by atoms with Crippen LogP contribution in [0.4, 0.5) is 0 Å². The Labute approximate surface area is 142 Å².